The minimum absolute atomic E-state index is 0.0650. The number of amides is 2. The molecule has 24 heavy (non-hydrogen) atoms. The molecule has 0 aliphatic heterocycles. The normalized spacial score (nSPS) is 10.3. The lowest BCUT2D eigenvalue weighted by Gasteiger charge is -2.12. The van der Waals surface area contributed by atoms with Crippen molar-refractivity contribution in [3.05, 3.63) is 54.1 Å². The molecule has 0 atom stereocenters. The molecule has 4 N–H and O–H groups in total. The van der Waals surface area contributed by atoms with Crippen molar-refractivity contribution in [3.63, 3.8) is 0 Å². The van der Waals surface area contributed by atoms with Gasteiger partial charge in [0.2, 0.25) is 11.8 Å². The molecule has 2 aromatic carbocycles. The van der Waals surface area contributed by atoms with Gasteiger partial charge in [-0.05, 0) is 44.2 Å². The molecule has 0 aliphatic rings. The number of anilines is 2. The molecule has 0 bridgehead atoms. The Morgan fingerprint density at radius 3 is 2.50 bits per heavy atom. The number of rotatable bonds is 7. The quantitative estimate of drug-likeness (QED) is 0.729. The molecule has 0 spiro atoms. The Hall–Kier alpha value is -3.02. The highest BCUT2D eigenvalue weighted by Gasteiger charge is 2.06. The first-order chi connectivity index (χ1) is 11.4. The van der Waals surface area contributed by atoms with Gasteiger partial charge in [0.1, 0.15) is 5.75 Å². The van der Waals surface area contributed by atoms with Gasteiger partial charge < -0.3 is 21.1 Å². The molecule has 0 heterocycles. The van der Waals surface area contributed by atoms with Gasteiger partial charge in [0.05, 0.1) is 12.6 Å². The second kappa shape index (κ2) is 8.01. The van der Waals surface area contributed by atoms with E-state index in [1.54, 1.807) is 36.4 Å². The summed E-state index contributed by atoms with van der Waals surface area (Å²) >= 11 is 0. The maximum absolute atomic E-state index is 12.0. The number of carbonyl (C=O) groups excluding carboxylic acids is 2. The van der Waals surface area contributed by atoms with Crippen molar-refractivity contribution in [3.8, 4) is 5.75 Å². The molecule has 0 radical (unpaired) electrons. The number of primary amides is 1. The van der Waals surface area contributed by atoms with E-state index in [0.717, 1.165) is 0 Å². The third kappa shape index (κ3) is 5.31. The first-order valence-corrected chi connectivity index (χ1v) is 7.64. The molecule has 2 aromatic rings. The lowest BCUT2D eigenvalue weighted by Crippen LogP contribution is -2.22. The van der Waals surface area contributed by atoms with Crippen LogP contribution in [0, 0.1) is 0 Å². The molecule has 6 heteroatoms. The van der Waals surface area contributed by atoms with Crippen LogP contribution in [0.3, 0.4) is 0 Å². The molecule has 0 saturated carbocycles. The lowest BCUT2D eigenvalue weighted by atomic mass is 10.2. The largest absolute Gasteiger partial charge is 0.491 e. The Morgan fingerprint density at radius 2 is 1.79 bits per heavy atom. The summed E-state index contributed by atoms with van der Waals surface area (Å²) < 4.78 is 5.59. The fourth-order valence-corrected chi connectivity index (χ4v) is 2.09. The van der Waals surface area contributed by atoms with Crippen molar-refractivity contribution < 1.29 is 14.3 Å². The number of nitrogens with two attached hydrogens (primary N) is 1. The van der Waals surface area contributed by atoms with E-state index in [0.29, 0.717) is 22.7 Å². The Morgan fingerprint density at radius 1 is 1.08 bits per heavy atom. The van der Waals surface area contributed by atoms with E-state index in [4.69, 9.17) is 10.5 Å². The third-order valence-electron chi connectivity index (χ3n) is 3.09. The number of nitrogens with one attached hydrogen (secondary N) is 2. The van der Waals surface area contributed by atoms with E-state index < -0.39 is 5.91 Å². The summed E-state index contributed by atoms with van der Waals surface area (Å²) in [6.45, 7) is 3.95. The highest BCUT2D eigenvalue weighted by atomic mass is 16.5. The van der Waals surface area contributed by atoms with Crippen molar-refractivity contribution in [2.45, 2.75) is 20.0 Å². The van der Waals surface area contributed by atoms with Gasteiger partial charge in [0.25, 0.3) is 0 Å². The SMILES string of the molecule is CC(C)Oc1cccc(NC(=O)CNc2cccc(C(N)=O)c2)c1. The fourth-order valence-electron chi connectivity index (χ4n) is 2.09. The smallest absolute Gasteiger partial charge is 0.248 e. The van der Waals surface area contributed by atoms with Crippen LogP contribution in [0.4, 0.5) is 11.4 Å². The van der Waals surface area contributed by atoms with Crippen molar-refractivity contribution >= 4 is 23.2 Å². The number of hydrogen-bond acceptors (Lipinski definition) is 4. The van der Waals surface area contributed by atoms with Crippen molar-refractivity contribution in [1.82, 2.24) is 0 Å². The summed E-state index contributed by atoms with van der Waals surface area (Å²) in [6.07, 6.45) is 0.0650. The van der Waals surface area contributed by atoms with Gasteiger partial charge in [0, 0.05) is 23.0 Å². The Labute approximate surface area is 141 Å². The zero-order chi connectivity index (χ0) is 17.5. The summed E-state index contributed by atoms with van der Waals surface area (Å²) in [5.74, 6) is -0.0174. The van der Waals surface area contributed by atoms with Crippen LogP contribution in [0.2, 0.25) is 0 Å². The second-order valence-corrected chi connectivity index (χ2v) is 5.54. The first kappa shape index (κ1) is 17.3. The van der Waals surface area contributed by atoms with Crippen LogP contribution < -0.4 is 21.1 Å². The van der Waals surface area contributed by atoms with Gasteiger partial charge >= 0.3 is 0 Å². The third-order valence-corrected chi connectivity index (χ3v) is 3.09. The fraction of sp³-hybridized carbons (Fsp3) is 0.222. The number of benzene rings is 2. The average molecular weight is 327 g/mol. The van der Waals surface area contributed by atoms with Crippen LogP contribution >= 0.6 is 0 Å². The summed E-state index contributed by atoms with van der Waals surface area (Å²) in [7, 11) is 0. The zero-order valence-corrected chi connectivity index (χ0v) is 13.7. The van der Waals surface area contributed by atoms with E-state index in [1.165, 1.54) is 0 Å². The van der Waals surface area contributed by atoms with Crippen LogP contribution in [0.15, 0.2) is 48.5 Å². The summed E-state index contributed by atoms with van der Waals surface area (Å²) in [5.41, 5.74) is 6.93. The van der Waals surface area contributed by atoms with E-state index >= 15 is 0 Å². The van der Waals surface area contributed by atoms with Crippen LogP contribution in [0.25, 0.3) is 0 Å². The first-order valence-electron chi connectivity index (χ1n) is 7.64. The summed E-state index contributed by atoms with van der Waals surface area (Å²) in [4.78, 5) is 23.2. The molecule has 0 saturated heterocycles. The predicted octanol–water partition coefficient (Wildman–Crippen LogP) is 2.62. The molecular weight excluding hydrogens is 306 g/mol. The van der Waals surface area contributed by atoms with E-state index in [1.807, 2.05) is 26.0 Å². The van der Waals surface area contributed by atoms with Crippen LogP contribution in [0.5, 0.6) is 5.75 Å². The van der Waals surface area contributed by atoms with E-state index in [-0.39, 0.29) is 18.6 Å². The van der Waals surface area contributed by atoms with Crippen LogP contribution in [0.1, 0.15) is 24.2 Å². The van der Waals surface area contributed by atoms with Crippen molar-refractivity contribution in [2.24, 2.45) is 5.73 Å². The maximum atomic E-state index is 12.0. The molecule has 2 amide bonds. The lowest BCUT2D eigenvalue weighted by molar-refractivity contribution is -0.114. The minimum Gasteiger partial charge on any atom is -0.491 e. The topological polar surface area (TPSA) is 93.4 Å². The minimum atomic E-state index is -0.509. The maximum Gasteiger partial charge on any atom is 0.248 e. The molecule has 2 rings (SSSR count). The molecule has 0 aromatic heterocycles. The van der Waals surface area contributed by atoms with Crippen LogP contribution in [-0.2, 0) is 4.79 Å². The van der Waals surface area contributed by atoms with Gasteiger partial charge in [0.15, 0.2) is 0 Å². The predicted molar refractivity (Wildman–Crippen MR) is 94.3 cm³/mol. The average Bonchev–Trinajstić information content (AvgIpc) is 2.53. The summed E-state index contributed by atoms with van der Waals surface area (Å²) in [6, 6.07) is 13.9. The van der Waals surface area contributed by atoms with Gasteiger partial charge in [-0.3, -0.25) is 9.59 Å². The van der Waals surface area contributed by atoms with Gasteiger partial charge in [-0.2, -0.15) is 0 Å². The highest BCUT2D eigenvalue weighted by Crippen LogP contribution is 2.18. The summed E-state index contributed by atoms with van der Waals surface area (Å²) in [5, 5.41) is 5.75. The Balaban J connectivity index is 1.91. The Kier molecular flexibility index (Phi) is 5.78. The molecule has 0 fully saturated rings. The molecular formula is C18H21N3O3. The van der Waals surface area contributed by atoms with Crippen LogP contribution in [-0.4, -0.2) is 24.5 Å². The number of ether oxygens (including phenoxy) is 1. The molecule has 126 valence electrons. The van der Waals surface area contributed by atoms with Gasteiger partial charge in [-0.25, -0.2) is 0 Å². The van der Waals surface area contributed by atoms with Crippen molar-refractivity contribution in [2.75, 3.05) is 17.2 Å². The second-order valence-electron chi connectivity index (χ2n) is 5.54. The molecule has 0 aliphatic carbocycles. The highest BCUT2D eigenvalue weighted by molar-refractivity contribution is 5.95. The van der Waals surface area contributed by atoms with Crippen molar-refractivity contribution in [1.29, 1.82) is 0 Å². The molecule has 6 nitrogen and oxygen atoms in total. The van der Waals surface area contributed by atoms with E-state index in [2.05, 4.69) is 10.6 Å². The number of carbonyl (C=O) groups is 2. The van der Waals surface area contributed by atoms with Gasteiger partial charge in [-0.1, -0.05) is 12.1 Å². The Bertz CT molecular complexity index is 729. The zero-order valence-electron chi connectivity index (χ0n) is 13.7. The monoisotopic (exact) mass is 327 g/mol. The molecule has 0 unspecified atom stereocenters. The van der Waals surface area contributed by atoms with E-state index in [9.17, 15) is 9.59 Å². The van der Waals surface area contributed by atoms with Gasteiger partial charge in [-0.15, -0.1) is 0 Å². The standard InChI is InChI=1S/C18H21N3O3/c1-12(2)24-16-8-4-7-15(10-16)21-17(22)11-20-14-6-3-5-13(9-14)18(19)23/h3-10,12,20H,11H2,1-2H3,(H2,19,23)(H,21,22). The number of hydrogen-bond donors (Lipinski definition) is 3.